The van der Waals surface area contributed by atoms with E-state index in [-0.39, 0.29) is 0 Å². The molecule has 0 saturated carbocycles. The molecule has 5 heteroatoms. The smallest absolute Gasteiger partial charge is 0.160 e. The molecule has 5 nitrogen and oxygen atoms in total. The third-order valence-corrected chi connectivity index (χ3v) is 11.1. The van der Waals surface area contributed by atoms with Gasteiger partial charge < -0.3 is 13.3 Å². The van der Waals surface area contributed by atoms with Crippen LogP contribution in [0.5, 0.6) is 0 Å². The summed E-state index contributed by atoms with van der Waals surface area (Å²) in [7, 11) is 0. The Bertz CT molecular complexity index is 3540. The highest BCUT2D eigenvalue weighted by molar-refractivity contribution is 6.11. The SMILES string of the molecule is c1ccc(-c2nc(-c3cc(-c4ccc5oc6ccccc6c5c4)cc(-c4cccc5c4oc4ccccc45)c3)cc(-c3cccc4c3oc3ccccc34)n2)cc1. The Hall–Kier alpha value is -7.76. The summed E-state index contributed by atoms with van der Waals surface area (Å²) in [5, 5.41) is 6.46. The Morgan fingerprint density at radius 1 is 0.281 bits per heavy atom. The number of nitrogens with zero attached hydrogens (tertiary/aromatic N) is 2. The van der Waals surface area contributed by atoms with Crippen molar-refractivity contribution in [3.63, 3.8) is 0 Å². The van der Waals surface area contributed by atoms with Crippen LogP contribution in [0.2, 0.25) is 0 Å². The molecule has 0 aliphatic rings. The maximum atomic E-state index is 6.60. The van der Waals surface area contributed by atoms with Crippen molar-refractivity contribution >= 4 is 65.8 Å². The number of benzene rings is 8. The summed E-state index contributed by atoms with van der Waals surface area (Å²) >= 11 is 0. The van der Waals surface area contributed by atoms with Crippen molar-refractivity contribution < 1.29 is 13.3 Å². The average molecular weight is 731 g/mol. The number of rotatable bonds is 5. The summed E-state index contributed by atoms with van der Waals surface area (Å²) in [6.45, 7) is 0. The van der Waals surface area contributed by atoms with Gasteiger partial charge in [0.1, 0.15) is 33.5 Å². The van der Waals surface area contributed by atoms with E-state index < -0.39 is 0 Å². The van der Waals surface area contributed by atoms with Crippen LogP contribution in [0.4, 0.5) is 0 Å². The summed E-state index contributed by atoms with van der Waals surface area (Å²) in [6, 6.07) is 62.6. The lowest BCUT2D eigenvalue weighted by molar-refractivity contribution is 0.669. The second kappa shape index (κ2) is 12.4. The van der Waals surface area contributed by atoms with Gasteiger partial charge in [0.25, 0.3) is 0 Å². The third-order valence-electron chi connectivity index (χ3n) is 11.1. The van der Waals surface area contributed by atoms with Crippen molar-refractivity contribution in [2.24, 2.45) is 0 Å². The van der Waals surface area contributed by atoms with Gasteiger partial charge in [0.2, 0.25) is 0 Å². The van der Waals surface area contributed by atoms with Crippen molar-refractivity contribution in [3.05, 3.63) is 182 Å². The molecule has 4 aromatic heterocycles. The summed E-state index contributed by atoms with van der Waals surface area (Å²) < 4.78 is 19.4. The van der Waals surface area contributed by atoms with Gasteiger partial charge in [-0.2, -0.15) is 0 Å². The molecule has 57 heavy (non-hydrogen) atoms. The van der Waals surface area contributed by atoms with Gasteiger partial charge in [-0.3, -0.25) is 0 Å². The number of fused-ring (bicyclic) bond motifs is 9. The first kappa shape index (κ1) is 31.6. The molecule has 0 aliphatic carbocycles. The molecule has 0 bridgehead atoms. The Balaban J connectivity index is 1.12. The van der Waals surface area contributed by atoms with Crippen LogP contribution in [0.15, 0.2) is 195 Å². The van der Waals surface area contributed by atoms with E-state index in [0.717, 1.165) is 116 Å². The number of hydrogen-bond donors (Lipinski definition) is 0. The highest BCUT2D eigenvalue weighted by Gasteiger charge is 2.19. The lowest BCUT2D eigenvalue weighted by atomic mass is 9.93. The fourth-order valence-corrected chi connectivity index (χ4v) is 8.38. The molecule has 0 N–H and O–H groups in total. The summed E-state index contributed by atoms with van der Waals surface area (Å²) in [4.78, 5) is 10.5. The molecule has 12 rings (SSSR count). The predicted molar refractivity (Wildman–Crippen MR) is 231 cm³/mol. The van der Waals surface area contributed by atoms with E-state index in [1.165, 1.54) is 0 Å². The van der Waals surface area contributed by atoms with Gasteiger partial charge in [-0.25, -0.2) is 9.97 Å². The minimum absolute atomic E-state index is 0.633. The van der Waals surface area contributed by atoms with E-state index in [1.807, 2.05) is 60.7 Å². The van der Waals surface area contributed by atoms with Gasteiger partial charge in [0, 0.05) is 54.6 Å². The van der Waals surface area contributed by atoms with Crippen LogP contribution in [0.25, 0.3) is 122 Å². The van der Waals surface area contributed by atoms with Crippen LogP contribution in [0, 0.1) is 0 Å². The largest absolute Gasteiger partial charge is 0.456 e. The molecule has 0 amide bonds. The molecule has 0 saturated heterocycles. The molecule has 266 valence electrons. The van der Waals surface area contributed by atoms with Gasteiger partial charge in [-0.05, 0) is 77.4 Å². The zero-order chi connectivity index (χ0) is 37.5. The van der Waals surface area contributed by atoms with Gasteiger partial charge in [0.15, 0.2) is 5.82 Å². The summed E-state index contributed by atoms with van der Waals surface area (Å²) in [5.41, 5.74) is 13.6. The number of aromatic nitrogens is 2. The van der Waals surface area contributed by atoms with Crippen molar-refractivity contribution in [2.75, 3.05) is 0 Å². The van der Waals surface area contributed by atoms with E-state index in [9.17, 15) is 0 Å². The van der Waals surface area contributed by atoms with Gasteiger partial charge in [-0.1, -0.05) is 121 Å². The average Bonchev–Trinajstić information content (AvgIpc) is 3.97. The Morgan fingerprint density at radius 2 is 0.807 bits per heavy atom. The molecule has 0 atom stereocenters. The van der Waals surface area contributed by atoms with Crippen LogP contribution in [-0.4, -0.2) is 9.97 Å². The first-order valence-electron chi connectivity index (χ1n) is 19.0. The Labute approximate surface area is 326 Å². The van der Waals surface area contributed by atoms with Crippen LogP contribution in [0.3, 0.4) is 0 Å². The van der Waals surface area contributed by atoms with Crippen LogP contribution >= 0.6 is 0 Å². The summed E-state index contributed by atoms with van der Waals surface area (Å²) in [5.74, 6) is 0.633. The molecule has 0 fully saturated rings. The van der Waals surface area contributed by atoms with Crippen molar-refractivity contribution in [1.29, 1.82) is 0 Å². The van der Waals surface area contributed by atoms with Gasteiger partial charge >= 0.3 is 0 Å². The van der Waals surface area contributed by atoms with Crippen molar-refractivity contribution in [1.82, 2.24) is 9.97 Å². The van der Waals surface area contributed by atoms with E-state index >= 15 is 0 Å². The van der Waals surface area contributed by atoms with Crippen LogP contribution in [0.1, 0.15) is 0 Å². The number of para-hydroxylation sites is 5. The van der Waals surface area contributed by atoms with E-state index in [1.54, 1.807) is 0 Å². The van der Waals surface area contributed by atoms with Crippen LogP contribution < -0.4 is 0 Å². The lowest BCUT2D eigenvalue weighted by Gasteiger charge is -2.14. The molecule has 0 aliphatic heterocycles. The maximum Gasteiger partial charge on any atom is 0.160 e. The minimum atomic E-state index is 0.633. The Morgan fingerprint density at radius 3 is 1.53 bits per heavy atom. The van der Waals surface area contributed by atoms with Crippen molar-refractivity contribution in [3.8, 4) is 56.2 Å². The quantitative estimate of drug-likeness (QED) is 0.176. The molecule has 12 aromatic rings. The highest BCUT2D eigenvalue weighted by Crippen LogP contribution is 2.42. The van der Waals surface area contributed by atoms with E-state index in [0.29, 0.717) is 5.82 Å². The predicted octanol–water partition coefficient (Wildman–Crippen LogP) is 14.5. The fourth-order valence-electron chi connectivity index (χ4n) is 8.38. The molecule has 0 unspecified atom stereocenters. The van der Waals surface area contributed by atoms with Gasteiger partial charge in [-0.15, -0.1) is 0 Å². The Kier molecular flexibility index (Phi) is 6.86. The van der Waals surface area contributed by atoms with Crippen LogP contribution in [-0.2, 0) is 0 Å². The zero-order valence-corrected chi connectivity index (χ0v) is 30.4. The molecule has 4 heterocycles. The first-order chi connectivity index (χ1) is 28.2. The number of hydrogen-bond acceptors (Lipinski definition) is 5. The van der Waals surface area contributed by atoms with Gasteiger partial charge in [0.05, 0.1) is 11.4 Å². The zero-order valence-electron chi connectivity index (χ0n) is 30.4. The van der Waals surface area contributed by atoms with E-state index in [2.05, 4.69) is 121 Å². The first-order valence-corrected chi connectivity index (χ1v) is 19.0. The number of furan rings is 3. The third kappa shape index (κ3) is 5.10. The van der Waals surface area contributed by atoms with Crippen molar-refractivity contribution in [2.45, 2.75) is 0 Å². The molecular weight excluding hydrogens is 701 g/mol. The lowest BCUT2D eigenvalue weighted by Crippen LogP contribution is -1.97. The highest BCUT2D eigenvalue weighted by atomic mass is 16.3. The molecule has 0 radical (unpaired) electrons. The second-order valence-corrected chi connectivity index (χ2v) is 14.5. The fraction of sp³-hybridized carbons (Fsp3) is 0. The minimum Gasteiger partial charge on any atom is -0.456 e. The molecule has 0 spiro atoms. The van der Waals surface area contributed by atoms with E-state index in [4.69, 9.17) is 23.2 Å². The maximum absolute atomic E-state index is 6.60. The monoisotopic (exact) mass is 730 g/mol. The summed E-state index contributed by atoms with van der Waals surface area (Å²) in [6.07, 6.45) is 0. The standard InChI is InChI=1S/C52H30N2O3/c1-2-12-31(13-3-1)52-53-44(30-45(54-52)42-20-11-19-41-38-15-5-9-23-48(38)57-51(41)42)35-27-33(32-24-25-49-43(29-32)39-16-6-7-21-46(39)55-49)26-34(28-35)36-17-10-18-40-37-14-4-8-22-47(37)56-50(36)40/h1-30H. The molecular formula is C52H30N2O3. The topological polar surface area (TPSA) is 65.2 Å². The second-order valence-electron chi connectivity index (χ2n) is 14.5. The molecule has 8 aromatic carbocycles. The normalized spacial score (nSPS) is 11.9.